The lowest BCUT2D eigenvalue weighted by molar-refractivity contribution is -1.02. The van der Waals surface area contributed by atoms with Crippen molar-refractivity contribution in [2.45, 2.75) is 20.0 Å². The van der Waals surface area contributed by atoms with E-state index in [0.717, 1.165) is 24.6 Å². The Hall–Kier alpha value is -2.24. The summed E-state index contributed by atoms with van der Waals surface area (Å²) in [5.41, 5.74) is 4.01. The summed E-state index contributed by atoms with van der Waals surface area (Å²) in [5, 5.41) is 0. The van der Waals surface area contributed by atoms with Crippen molar-refractivity contribution in [3.8, 4) is 17.2 Å². The van der Waals surface area contributed by atoms with Crippen molar-refractivity contribution < 1.29 is 24.0 Å². The Labute approximate surface area is 162 Å². The van der Waals surface area contributed by atoms with Gasteiger partial charge in [0.05, 0.1) is 21.3 Å². The van der Waals surface area contributed by atoms with Crippen molar-refractivity contribution in [1.29, 1.82) is 0 Å². The van der Waals surface area contributed by atoms with Crippen molar-refractivity contribution in [3.05, 3.63) is 53.1 Å². The zero-order chi connectivity index (χ0) is 19.2. The largest absolute Gasteiger partial charge is 0.493 e. The number of piperazine rings is 1. The van der Waals surface area contributed by atoms with Gasteiger partial charge in [-0.3, -0.25) is 0 Å². The quantitative estimate of drug-likeness (QED) is 0.743. The lowest BCUT2D eigenvalue weighted by atomic mass is 10.1. The average Bonchev–Trinajstić information content (AvgIpc) is 2.68. The highest BCUT2D eigenvalue weighted by atomic mass is 16.5. The first-order valence-corrected chi connectivity index (χ1v) is 9.64. The topological polar surface area (TPSA) is 36.6 Å². The van der Waals surface area contributed by atoms with Crippen LogP contribution < -0.4 is 24.0 Å². The van der Waals surface area contributed by atoms with E-state index in [0.29, 0.717) is 5.75 Å². The molecule has 146 valence electrons. The fourth-order valence-electron chi connectivity index (χ4n) is 3.95. The summed E-state index contributed by atoms with van der Waals surface area (Å²) in [4.78, 5) is 3.28. The van der Waals surface area contributed by atoms with E-state index in [1.165, 1.54) is 42.9 Å². The van der Waals surface area contributed by atoms with E-state index in [-0.39, 0.29) is 0 Å². The van der Waals surface area contributed by atoms with Crippen LogP contribution >= 0.6 is 0 Å². The van der Waals surface area contributed by atoms with E-state index >= 15 is 0 Å². The molecule has 0 spiro atoms. The molecule has 2 aromatic rings. The summed E-state index contributed by atoms with van der Waals surface area (Å²) in [6.45, 7) is 9.03. The first-order chi connectivity index (χ1) is 13.1. The van der Waals surface area contributed by atoms with Gasteiger partial charge >= 0.3 is 0 Å². The van der Waals surface area contributed by atoms with Gasteiger partial charge in [0.15, 0.2) is 11.5 Å². The van der Waals surface area contributed by atoms with E-state index in [1.807, 2.05) is 0 Å². The van der Waals surface area contributed by atoms with Crippen molar-refractivity contribution in [1.82, 2.24) is 0 Å². The summed E-state index contributed by atoms with van der Waals surface area (Å²) in [7, 11) is 4.98. The smallest absolute Gasteiger partial charge is 0.203 e. The lowest BCUT2D eigenvalue weighted by Crippen LogP contribution is -3.27. The Balaban J connectivity index is 1.59. The number of hydrogen-bond donors (Lipinski definition) is 2. The summed E-state index contributed by atoms with van der Waals surface area (Å²) in [5.74, 6) is 2.12. The third kappa shape index (κ3) is 4.93. The number of methoxy groups -OCH3 is 3. The van der Waals surface area contributed by atoms with Crippen molar-refractivity contribution in [2.24, 2.45) is 0 Å². The maximum Gasteiger partial charge on any atom is 0.203 e. The zero-order valence-corrected chi connectivity index (χ0v) is 16.9. The monoisotopic (exact) mass is 372 g/mol. The minimum Gasteiger partial charge on any atom is -0.493 e. The predicted octanol–water partition coefficient (Wildman–Crippen LogP) is 0.504. The van der Waals surface area contributed by atoms with Gasteiger partial charge in [0.2, 0.25) is 5.75 Å². The van der Waals surface area contributed by atoms with E-state index in [4.69, 9.17) is 14.2 Å². The van der Waals surface area contributed by atoms with Crippen LogP contribution in [0.1, 0.15) is 16.7 Å². The van der Waals surface area contributed by atoms with E-state index in [1.54, 1.807) is 31.1 Å². The third-order valence-corrected chi connectivity index (χ3v) is 5.38. The SMILES string of the molecule is COc1cc(C[NH+]2CC[NH+](Cc3cccc(C)c3)CC2)cc(OC)c1OC. The molecule has 0 amide bonds. The van der Waals surface area contributed by atoms with Gasteiger partial charge in [0.1, 0.15) is 39.3 Å². The van der Waals surface area contributed by atoms with Crippen LogP contribution in [0.4, 0.5) is 0 Å². The number of hydrogen-bond acceptors (Lipinski definition) is 3. The highest BCUT2D eigenvalue weighted by Gasteiger charge is 2.24. The molecule has 0 aliphatic carbocycles. The normalized spacial score (nSPS) is 19.6. The number of rotatable bonds is 7. The Kier molecular flexibility index (Phi) is 6.58. The van der Waals surface area contributed by atoms with Gasteiger partial charge in [-0.15, -0.1) is 0 Å². The number of aryl methyl sites for hydroxylation is 1. The second-order valence-corrected chi connectivity index (χ2v) is 7.38. The molecule has 2 aromatic carbocycles. The Morgan fingerprint density at radius 1 is 0.741 bits per heavy atom. The molecule has 0 atom stereocenters. The van der Waals surface area contributed by atoms with Gasteiger partial charge in [-0.2, -0.15) is 0 Å². The average molecular weight is 373 g/mol. The minimum absolute atomic E-state index is 0.658. The van der Waals surface area contributed by atoms with Gasteiger partial charge in [0, 0.05) is 11.1 Å². The summed E-state index contributed by atoms with van der Waals surface area (Å²) in [6.07, 6.45) is 0. The molecule has 27 heavy (non-hydrogen) atoms. The number of ether oxygens (including phenoxy) is 3. The van der Waals surface area contributed by atoms with Crippen molar-refractivity contribution >= 4 is 0 Å². The molecule has 1 saturated heterocycles. The Morgan fingerprint density at radius 3 is 1.78 bits per heavy atom. The van der Waals surface area contributed by atoms with Gasteiger partial charge in [-0.05, 0) is 19.1 Å². The van der Waals surface area contributed by atoms with Crippen molar-refractivity contribution in [2.75, 3.05) is 47.5 Å². The highest BCUT2D eigenvalue weighted by Crippen LogP contribution is 2.37. The number of benzene rings is 2. The molecule has 2 N–H and O–H groups in total. The first kappa shape index (κ1) is 19.5. The van der Waals surface area contributed by atoms with E-state index in [9.17, 15) is 0 Å². The van der Waals surface area contributed by atoms with Crippen molar-refractivity contribution in [3.63, 3.8) is 0 Å². The number of quaternary nitrogens is 2. The molecule has 5 nitrogen and oxygen atoms in total. The van der Waals surface area contributed by atoms with Crippen LogP contribution in [0.5, 0.6) is 17.2 Å². The molecular formula is C22H32N2O3+2. The fraction of sp³-hybridized carbons (Fsp3) is 0.455. The standard InChI is InChI=1S/C22H30N2O3/c1-17-6-5-7-18(12-17)15-23-8-10-24(11-9-23)16-19-13-20(25-2)22(27-4)21(14-19)26-3/h5-7,12-14H,8-11,15-16H2,1-4H3/p+2. The Bertz CT molecular complexity index is 730. The van der Waals surface area contributed by atoms with Crippen LogP contribution in [0.25, 0.3) is 0 Å². The van der Waals surface area contributed by atoms with Crippen LogP contribution in [0.2, 0.25) is 0 Å². The molecule has 1 fully saturated rings. The molecule has 0 bridgehead atoms. The second-order valence-electron chi connectivity index (χ2n) is 7.38. The lowest BCUT2D eigenvalue weighted by Gasteiger charge is -2.30. The molecule has 0 unspecified atom stereocenters. The van der Waals surface area contributed by atoms with E-state index in [2.05, 4.69) is 43.3 Å². The molecule has 5 heteroatoms. The van der Waals surface area contributed by atoms with Crippen LogP contribution in [-0.4, -0.2) is 47.5 Å². The van der Waals surface area contributed by atoms with Gasteiger partial charge in [-0.1, -0.05) is 29.8 Å². The summed E-state index contributed by atoms with van der Waals surface area (Å²) >= 11 is 0. The molecule has 0 radical (unpaired) electrons. The highest BCUT2D eigenvalue weighted by molar-refractivity contribution is 5.53. The van der Waals surface area contributed by atoms with Crippen LogP contribution in [-0.2, 0) is 13.1 Å². The first-order valence-electron chi connectivity index (χ1n) is 9.64. The molecular weight excluding hydrogens is 340 g/mol. The van der Waals surface area contributed by atoms with Gasteiger partial charge in [0.25, 0.3) is 0 Å². The summed E-state index contributed by atoms with van der Waals surface area (Å²) in [6, 6.07) is 13.0. The zero-order valence-electron chi connectivity index (χ0n) is 16.9. The van der Waals surface area contributed by atoms with Crippen LogP contribution in [0.15, 0.2) is 36.4 Å². The molecule has 3 rings (SSSR count). The molecule has 1 heterocycles. The fourth-order valence-corrected chi connectivity index (χ4v) is 3.95. The minimum atomic E-state index is 0.658. The summed E-state index contributed by atoms with van der Waals surface area (Å²) < 4.78 is 16.4. The maximum absolute atomic E-state index is 5.48. The van der Waals surface area contributed by atoms with Crippen LogP contribution in [0, 0.1) is 6.92 Å². The molecule has 1 aliphatic heterocycles. The van der Waals surface area contributed by atoms with Crippen LogP contribution in [0.3, 0.4) is 0 Å². The number of nitrogens with one attached hydrogen (secondary N) is 2. The Morgan fingerprint density at radius 2 is 1.30 bits per heavy atom. The predicted molar refractivity (Wildman–Crippen MR) is 106 cm³/mol. The van der Waals surface area contributed by atoms with Gasteiger partial charge < -0.3 is 24.0 Å². The van der Waals surface area contributed by atoms with E-state index < -0.39 is 0 Å². The molecule has 1 aliphatic rings. The second kappa shape index (κ2) is 9.11. The molecule has 0 saturated carbocycles. The molecule has 0 aromatic heterocycles. The maximum atomic E-state index is 5.48. The van der Waals surface area contributed by atoms with Gasteiger partial charge in [-0.25, -0.2) is 0 Å². The third-order valence-electron chi connectivity index (χ3n) is 5.38.